The van der Waals surface area contributed by atoms with Gasteiger partial charge in [-0.25, -0.2) is 22.1 Å². The Morgan fingerprint density at radius 1 is 1.25 bits per heavy atom. The van der Waals surface area contributed by atoms with E-state index in [1.807, 2.05) is 0 Å². The highest BCUT2D eigenvalue weighted by molar-refractivity contribution is 7.90. The van der Waals surface area contributed by atoms with E-state index in [4.69, 9.17) is 4.74 Å². The van der Waals surface area contributed by atoms with Crippen LogP contribution in [0.4, 0.5) is 4.79 Å². The van der Waals surface area contributed by atoms with Crippen molar-refractivity contribution in [2.75, 3.05) is 5.75 Å². The van der Waals surface area contributed by atoms with E-state index in [9.17, 15) is 18.0 Å². The van der Waals surface area contributed by atoms with E-state index >= 15 is 0 Å². The van der Waals surface area contributed by atoms with Crippen molar-refractivity contribution >= 4 is 22.0 Å². The molecule has 0 radical (unpaired) electrons. The van der Waals surface area contributed by atoms with Gasteiger partial charge in [0.25, 0.3) is 5.91 Å². The minimum atomic E-state index is -3.75. The second-order valence-corrected chi connectivity index (χ2v) is 11.8. The topological polar surface area (TPSA) is 85.7 Å². The number of hydrogen-bond donors (Lipinski definition) is 0. The van der Waals surface area contributed by atoms with E-state index in [2.05, 4.69) is 13.8 Å². The lowest BCUT2D eigenvalue weighted by Crippen LogP contribution is -2.45. The number of amides is 1. The van der Waals surface area contributed by atoms with Crippen LogP contribution in [-0.4, -0.2) is 46.7 Å². The summed E-state index contributed by atoms with van der Waals surface area (Å²) in [5.74, 6) is -0.213. The zero-order chi connectivity index (χ0) is 20.7. The Bertz CT molecular complexity index is 955. The standard InChI is InChI=1S/C20H28N2O5S/c1-18(2,3)27-17(24)21-10-6-7-14(21)16(23)22-15-11-13-8-9-20(15,19(13,4)5)12-28(22,25)26/h6-7,10,13,15H,8-9,11-12H2,1-5H3/t13-,15-,20-/m1/s1. The van der Waals surface area contributed by atoms with Gasteiger partial charge in [0.2, 0.25) is 10.0 Å². The first-order valence-corrected chi connectivity index (χ1v) is 11.4. The molecule has 2 saturated carbocycles. The van der Waals surface area contributed by atoms with Gasteiger partial charge >= 0.3 is 6.09 Å². The van der Waals surface area contributed by atoms with Crippen molar-refractivity contribution in [3.8, 4) is 0 Å². The summed E-state index contributed by atoms with van der Waals surface area (Å²) in [4.78, 5) is 25.9. The lowest BCUT2D eigenvalue weighted by Gasteiger charge is -2.37. The molecule has 8 heteroatoms. The van der Waals surface area contributed by atoms with Crippen molar-refractivity contribution in [2.45, 2.75) is 65.5 Å². The first-order chi connectivity index (χ1) is 12.8. The van der Waals surface area contributed by atoms with E-state index in [-0.39, 0.29) is 22.9 Å². The number of hydrogen-bond acceptors (Lipinski definition) is 5. The molecule has 0 aromatic carbocycles. The van der Waals surface area contributed by atoms with Crippen LogP contribution in [0.3, 0.4) is 0 Å². The average molecular weight is 409 g/mol. The number of carbonyl (C=O) groups excluding carboxylic acids is 2. The summed E-state index contributed by atoms with van der Waals surface area (Å²) in [5.41, 5.74) is -1.21. The van der Waals surface area contributed by atoms with Gasteiger partial charge in [-0.2, -0.15) is 0 Å². The highest BCUT2D eigenvalue weighted by Crippen LogP contribution is 2.70. The monoisotopic (exact) mass is 408 g/mol. The number of carbonyl (C=O) groups is 2. The molecule has 1 spiro atoms. The molecule has 0 unspecified atom stereocenters. The molecule has 4 rings (SSSR count). The normalized spacial score (nSPS) is 32.4. The van der Waals surface area contributed by atoms with E-state index in [1.54, 1.807) is 26.8 Å². The van der Waals surface area contributed by atoms with Gasteiger partial charge in [0, 0.05) is 11.6 Å². The van der Waals surface area contributed by atoms with Crippen LogP contribution < -0.4 is 0 Å². The van der Waals surface area contributed by atoms with E-state index in [1.165, 1.54) is 12.3 Å². The number of sulfonamides is 1. The summed E-state index contributed by atoms with van der Waals surface area (Å²) < 4.78 is 33.7. The molecule has 28 heavy (non-hydrogen) atoms. The molecule has 154 valence electrons. The Kier molecular flexibility index (Phi) is 3.91. The number of aromatic nitrogens is 1. The van der Waals surface area contributed by atoms with Crippen LogP contribution in [0.2, 0.25) is 0 Å². The van der Waals surface area contributed by atoms with E-state index < -0.39 is 33.0 Å². The van der Waals surface area contributed by atoms with Crippen molar-refractivity contribution < 1.29 is 22.7 Å². The Balaban J connectivity index is 1.71. The lowest BCUT2D eigenvalue weighted by atomic mass is 9.69. The van der Waals surface area contributed by atoms with Crippen molar-refractivity contribution in [1.82, 2.24) is 8.87 Å². The quantitative estimate of drug-likeness (QED) is 0.712. The SMILES string of the molecule is CC(C)(C)OC(=O)n1cccc1C(=O)N1[C@@H]2C[C@H]3CC[C@]2(CS1(=O)=O)C3(C)C. The molecule has 1 saturated heterocycles. The molecular weight excluding hydrogens is 380 g/mol. The second-order valence-electron chi connectivity index (χ2n) is 9.97. The molecule has 2 heterocycles. The molecule has 1 aromatic heterocycles. The third-order valence-electron chi connectivity index (χ3n) is 7.17. The molecule has 3 fully saturated rings. The third kappa shape index (κ3) is 2.49. The molecule has 3 atom stereocenters. The molecule has 3 aliphatic rings. The minimum Gasteiger partial charge on any atom is -0.443 e. The van der Waals surface area contributed by atoms with Crippen molar-refractivity contribution in [1.29, 1.82) is 0 Å². The van der Waals surface area contributed by atoms with Gasteiger partial charge in [0.15, 0.2) is 0 Å². The number of ether oxygens (including phenoxy) is 1. The molecule has 2 aliphatic carbocycles. The van der Waals surface area contributed by atoms with Crippen LogP contribution in [0, 0.1) is 16.7 Å². The average Bonchev–Trinajstić information content (AvgIpc) is 3.21. The van der Waals surface area contributed by atoms with Gasteiger partial charge in [-0.3, -0.25) is 4.79 Å². The van der Waals surface area contributed by atoms with Crippen LogP contribution in [0.15, 0.2) is 18.3 Å². The third-order valence-corrected chi connectivity index (χ3v) is 9.07. The molecule has 1 amide bonds. The largest absolute Gasteiger partial charge is 0.443 e. The fraction of sp³-hybridized carbons (Fsp3) is 0.700. The molecular formula is C20H28N2O5S. The van der Waals surface area contributed by atoms with Gasteiger partial charge in [-0.05, 0) is 63.5 Å². The number of rotatable bonds is 1. The van der Waals surface area contributed by atoms with Crippen LogP contribution in [0.25, 0.3) is 0 Å². The molecule has 0 N–H and O–H groups in total. The van der Waals surface area contributed by atoms with Crippen molar-refractivity contribution in [2.24, 2.45) is 16.7 Å². The lowest BCUT2D eigenvalue weighted by molar-refractivity contribution is 0.0512. The van der Waals surface area contributed by atoms with Gasteiger partial charge < -0.3 is 4.74 Å². The molecule has 1 aromatic rings. The van der Waals surface area contributed by atoms with Gasteiger partial charge in [0.1, 0.15) is 11.3 Å². The maximum Gasteiger partial charge on any atom is 0.419 e. The van der Waals surface area contributed by atoms with Gasteiger partial charge in [-0.15, -0.1) is 0 Å². The number of fused-ring (bicyclic) bond motifs is 1. The summed E-state index contributed by atoms with van der Waals surface area (Å²) in [6, 6.07) is 2.70. The number of nitrogens with zero attached hydrogens (tertiary/aromatic N) is 2. The predicted octanol–water partition coefficient (Wildman–Crippen LogP) is 3.25. The smallest absolute Gasteiger partial charge is 0.419 e. The summed E-state index contributed by atoms with van der Waals surface area (Å²) in [5, 5.41) is 0. The zero-order valence-corrected chi connectivity index (χ0v) is 17.9. The second kappa shape index (κ2) is 5.62. The van der Waals surface area contributed by atoms with Crippen LogP contribution in [0.5, 0.6) is 0 Å². The summed E-state index contributed by atoms with van der Waals surface area (Å²) in [6.45, 7) is 9.49. The van der Waals surface area contributed by atoms with Crippen LogP contribution >= 0.6 is 0 Å². The Morgan fingerprint density at radius 3 is 2.54 bits per heavy atom. The van der Waals surface area contributed by atoms with E-state index in [0.29, 0.717) is 12.3 Å². The highest BCUT2D eigenvalue weighted by atomic mass is 32.2. The van der Waals surface area contributed by atoms with Gasteiger partial charge in [0.05, 0.1) is 11.8 Å². The van der Waals surface area contributed by atoms with E-state index in [0.717, 1.165) is 21.7 Å². The van der Waals surface area contributed by atoms with Crippen LogP contribution in [0.1, 0.15) is 64.4 Å². The maximum atomic E-state index is 13.4. The van der Waals surface area contributed by atoms with Gasteiger partial charge in [-0.1, -0.05) is 13.8 Å². The first kappa shape index (κ1) is 19.5. The fourth-order valence-corrected chi connectivity index (χ4v) is 8.22. The Labute approximate surface area is 166 Å². The fourth-order valence-electron chi connectivity index (χ4n) is 5.69. The zero-order valence-electron chi connectivity index (χ0n) is 17.1. The first-order valence-electron chi connectivity index (χ1n) is 9.77. The van der Waals surface area contributed by atoms with Crippen molar-refractivity contribution in [3.05, 3.63) is 24.0 Å². The minimum absolute atomic E-state index is 0.00700. The summed E-state index contributed by atoms with van der Waals surface area (Å²) in [7, 11) is -3.75. The Hall–Kier alpha value is -1.83. The predicted molar refractivity (Wildman–Crippen MR) is 103 cm³/mol. The summed E-state index contributed by atoms with van der Waals surface area (Å²) >= 11 is 0. The Morgan fingerprint density at radius 2 is 1.93 bits per heavy atom. The molecule has 2 bridgehead atoms. The molecule has 7 nitrogen and oxygen atoms in total. The van der Waals surface area contributed by atoms with Crippen LogP contribution in [-0.2, 0) is 14.8 Å². The highest BCUT2D eigenvalue weighted by Gasteiger charge is 2.72. The summed E-state index contributed by atoms with van der Waals surface area (Å²) in [6.07, 6.45) is 3.27. The maximum absolute atomic E-state index is 13.4. The molecule has 1 aliphatic heterocycles. The van der Waals surface area contributed by atoms with Crippen molar-refractivity contribution in [3.63, 3.8) is 0 Å².